The summed E-state index contributed by atoms with van der Waals surface area (Å²) in [6, 6.07) is 10.6. The summed E-state index contributed by atoms with van der Waals surface area (Å²) in [5.41, 5.74) is 2.07. The molecule has 0 heterocycles. The summed E-state index contributed by atoms with van der Waals surface area (Å²) in [6.45, 7) is -0.116. The molecule has 0 radical (unpaired) electrons. The Morgan fingerprint density at radius 2 is 1.62 bits per heavy atom. The Hall–Kier alpha value is -2.87. The van der Waals surface area contributed by atoms with Crippen molar-refractivity contribution in [2.45, 2.75) is 25.4 Å². The number of hydrogen-bond donors (Lipinski definition) is 3. The Morgan fingerprint density at radius 3 is 2.34 bits per heavy atom. The zero-order chi connectivity index (χ0) is 21.0. The van der Waals surface area contributed by atoms with Crippen molar-refractivity contribution in [1.29, 1.82) is 0 Å². The first-order valence-electron chi connectivity index (χ1n) is 9.41. The predicted molar refractivity (Wildman–Crippen MR) is 104 cm³/mol. The van der Waals surface area contributed by atoms with Gasteiger partial charge in [0.05, 0.1) is 18.3 Å². The van der Waals surface area contributed by atoms with Crippen molar-refractivity contribution in [3.8, 4) is 0 Å². The third-order valence-electron chi connectivity index (χ3n) is 4.81. The Labute approximate surface area is 166 Å². The number of alkyl halides is 3. The molecule has 0 saturated heterocycles. The van der Waals surface area contributed by atoms with Gasteiger partial charge in [-0.05, 0) is 54.7 Å². The first-order valence-corrected chi connectivity index (χ1v) is 9.41. The second kappa shape index (κ2) is 8.65. The first-order chi connectivity index (χ1) is 13.7. The fourth-order valence-electron chi connectivity index (χ4n) is 3.50. The third kappa shape index (κ3) is 5.57. The number of fused-ring (bicyclic) bond motifs is 1. The highest BCUT2D eigenvalue weighted by Crippen LogP contribution is 2.34. The number of rotatable bonds is 6. The average Bonchev–Trinajstić information content (AvgIpc) is 3.08. The van der Waals surface area contributed by atoms with Gasteiger partial charge < -0.3 is 15.5 Å². The van der Waals surface area contributed by atoms with Gasteiger partial charge in [-0.15, -0.1) is 0 Å². The number of carbonyl (C=O) groups is 2. The number of benzene rings is 2. The summed E-state index contributed by atoms with van der Waals surface area (Å²) >= 11 is 0. The first kappa shape index (κ1) is 20.9. The molecule has 0 bridgehead atoms. The summed E-state index contributed by atoms with van der Waals surface area (Å²) in [6.07, 6.45) is -1.38. The maximum Gasteiger partial charge on any atom is 0.418 e. The van der Waals surface area contributed by atoms with Gasteiger partial charge in [0.25, 0.3) is 11.8 Å². The number of halogens is 3. The molecular formula is C21H23F3N3O2+. The minimum Gasteiger partial charge on any atom is -0.322 e. The zero-order valence-corrected chi connectivity index (χ0v) is 16.0. The van der Waals surface area contributed by atoms with E-state index in [1.54, 1.807) is 7.05 Å². The van der Waals surface area contributed by atoms with Crippen molar-refractivity contribution in [2.24, 2.45) is 0 Å². The molecule has 0 fully saturated rings. The zero-order valence-electron chi connectivity index (χ0n) is 16.0. The summed E-state index contributed by atoms with van der Waals surface area (Å²) in [7, 11) is 1.64. The Balaban J connectivity index is 1.52. The highest BCUT2D eigenvalue weighted by atomic mass is 19.4. The smallest absolute Gasteiger partial charge is 0.322 e. The quantitative estimate of drug-likeness (QED) is 0.689. The Morgan fingerprint density at radius 1 is 0.966 bits per heavy atom. The van der Waals surface area contributed by atoms with E-state index < -0.39 is 17.6 Å². The van der Waals surface area contributed by atoms with Gasteiger partial charge in [-0.25, -0.2) is 0 Å². The van der Waals surface area contributed by atoms with Gasteiger partial charge in [0.15, 0.2) is 13.1 Å². The van der Waals surface area contributed by atoms with Crippen LogP contribution in [-0.4, -0.2) is 32.0 Å². The van der Waals surface area contributed by atoms with Crippen LogP contribution in [0.5, 0.6) is 0 Å². The van der Waals surface area contributed by atoms with Gasteiger partial charge in [-0.2, -0.15) is 13.2 Å². The van der Waals surface area contributed by atoms with Crippen LogP contribution in [0.1, 0.15) is 23.1 Å². The van der Waals surface area contributed by atoms with E-state index in [-0.39, 0.29) is 24.7 Å². The van der Waals surface area contributed by atoms with Gasteiger partial charge >= 0.3 is 6.18 Å². The molecule has 1 aliphatic rings. The van der Waals surface area contributed by atoms with Crippen LogP contribution >= 0.6 is 0 Å². The molecule has 29 heavy (non-hydrogen) atoms. The summed E-state index contributed by atoms with van der Waals surface area (Å²) in [5, 5.41) is 5.10. The van der Waals surface area contributed by atoms with E-state index in [2.05, 4.69) is 10.6 Å². The number of aryl methyl sites for hydroxylation is 2. The van der Waals surface area contributed by atoms with Crippen molar-refractivity contribution in [2.75, 3.05) is 30.8 Å². The number of para-hydroxylation sites is 1. The minimum absolute atomic E-state index is 0.0193. The summed E-state index contributed by atoms with van der Waals surface area (Å²) in [4.78, 5) is 24.9. The second-order valence-corrected chi connectivity index (χ2v) is 7.29. The predicted octanol–water partition coefficient (Wildman–Crippen LogP) is 2.29. The molecule has 154 valence electrons. The van der Waals surface area contributed by atoms with E-state index in [0.717, 1.165) is 25.3 Å². The number of anilines is 2. The van der Waals surface area contributed by atoms with Gasteiger partial charge in [0, 0.05) is 5.69 Å². The van der Waals surface area contributed by atoms with E-state index >= 15 is 0 Å². The maximum atomic E-state index is 13.0. The molecule has 0 aliphatic heterocycles. The van der Waals surface area contributed by atoms with Gasteiger partial charge in [0.2, 0.25) is 0 Å². The molecule has 2 amide bonds. The minimum atomic E-state index is -4.56. The van der Waals surface area contributed by atoms with E-state index in [1.807, 2.05) is 18.2 Å². The summed E-state index contributed by atoms with van der Waals surface area (Å²) in [5.74, 6) is -0.853. The van der Waals surface area contributed by atoms with Crippen LogP contribution < -0.4 is 15.5 Å². The van der Waals surface area contributed by atoms with Crippen LogP contribution in [0.2, 0.25) is 0 Å². The largest absolute Gasteiger partial charge is 0.418 e. The van der Waals surface area contributed by atoms with E-state index in [9.17, 15) is 22.8 Å². The number of likely N-dealkylation sites (N-methyl/N-ethyl adjacent to an activating group) is 1. The van der Waals surface area contributed by atoms with Crippen molar-refractivity contribution < 1.29 is 27.7 Å². The van der Waals surface area contributed by atoms with Gasteiger partial charge in [-0.3, -0.25) is 9.59 Å². The van der Waals surface area contributed by atoms with Crippen LogP contribution in [0, 0.1) is 0 Å². The number of hydrogen-bond acceptors (Lipinski definition) is 2. The monoisotopic (exact) mass is 406 g/mol. The number of quaternary nitrogens is 1. The molecular weight excluding hydrogens is 383 g/mol. The maximum absolute atomic E-state index is 13.0. The van der Waals surface area contributed by atoms with Crippen LogP contribution in [0.15, 0.2) is 42.5 Å². The van der Waals surface area contributed by atoms with Crippen molar-refractivity contribution in [3.05, 3.63) is 59.2 Å². The van der Waals surface area contributed by atoms with Gasteiger partial charge in [0.1, 0.15) is 0 Å². The number of amides is 2. The molecule has 5 nitrogen and oxygen atoms in total. The summed E-state index contributed by atoms with van der Waals surface area (Å²) < 4.78 is 39.0. The molecule has 1 unspecified atom stereocenters. The number of carbonyl (C=O) groups excluding carboxylic acids is 2. The lowest BCUT2D eigenvalue weighted by molar-refractivity contribution is -0.862. The molecule has 2 aromatic rings. The third-order valence-corrected chi connectivity index (χ3v) is 4.81. The lowest BCUT2D eigenvalue weighted by Crippen LogP contribution is -3.11. The van der Waals surface area contributed by atoms with Crippen molar-refractivity contribution in [3.63, 3.8) is 0 Å². The normalized spacial score (nSPS) is 14.2. The van der Waals surface area contributed by atoms with E-state index in [0.29, 0.717) is 10.6 Å². The van der Waals surface area contributed by atoms with Crippen LogP contribution in [-0.2, 0) is 28.6 Å². The highest BCUT2D eigenvalue weighted by molar-refractivity contribution is 5.93. The molecule has 0 spiro atoms. The molecule has 3 rings (SSSR count). The Bertz CT molecular complexity index is 912. The van der Waals surface area contributed by atoms with Crippen LogP contribution in [0.4, 0.5) is 24.5 Å². The molecule has 2 aromatic carbocycles. The molecule has 0 saturated carbocycles. The fraction of sp³-hybridized carbons (Fsp3) is 0.333. The second-order valence-electron chi connectivity index (χ2n) is 7.29. The standard InChI is InChI=1S/C21H22F3N3O2/c1-27(12-19(28)25-16-10-9-14-5-4-6-15(14)11-16)13-20(29)26-18-8-3-2-7-17(18)21(22,23)24/h2-3,7-11H,4-6,12-13H2,1H3,(H,25,28)(H,26,29)/p+1. The lowest BCUT2D eigenvalue weighted by atomic mass is 10.1. The van der Waals surface area contributed by atoms with Gasteiger partial charge in [-0.1, -0.05) is 18.2 Å². The van der Waals surface area contributed by atoms with Crippen LogP contribution in [0.25, 0.3) is 0 Å². The number of nitrogens with one attached hydrogen (secondary N) is 3. The van der Waals surface area contributed by atoms with Crippen LogP contribution in [0.3, 0.4) is 0 Å². The van der Waals surface area contributed by atoms with Crippen molar-refractivity contribution in [1.82, 2.24) is 0 Å². The average molecular weight is 406 g/mol. The topological polar surface area (TPSA) is 62.6 Å². The molecule has 1 aliphatic carbocycles. The Kier molecular flexibility index (Phi) is 6.22. The SMILES string of the molecule is C[NH+](CC(=O)Nc1ccc2c(c1)CCC2)CC(=O)Nc1ccccc1C(F)(F)F. The van der Waals surface area contributed by atoms with E-state index in [4.69, 9.17) is 0 Å². The van der Waals surface area contributed by atoms with E-state index in [1.165, 1.54) is 29.3 Å². The van der Waals surface area contributed by atoms with Crippen molar-refractivity contribution >= 4 is 23.2 Å². The lowest BCUT2D eigenvalue weighted by Gasteiger charge is -2.16. The molecule has 0 aromatic heterocycles. The molecule has 1 atom stereocenters. The molecule has 8 heteroatoms. The fourth-order valence-corrected chi connectivity index (χ4v) is 3.50. The molecule has 3 N–H and O–H groups in total. The highest BCUT2D eigenvalue weighted by Gasteiger charge is 2.33.